The van der Waals surface area contributed by atoms with Gasteiger partial charge in [-0.15, -0.1) is 0 Å². The van der Waals surface area contributed by atoms with Crippen LogP contribution in [0.3, 0.4) is 0 Å². The van der Waals surface area contributed by atoms with Crippen LogP contribution in [0.4, 0.5) is 13.6 Å². The number of alkyl halides is 2. The van der Waals surface area contributed by atoms with Crippen LogP contribution in [0.2, 0.25) is 0 Å². The molecule has 0 aliphatic carbocycles. The van der Waals surface area contributed by atoms with Gasteiger partial charge in [0, 0.05) is 19.5 Å². The number of carbonyl (C=O) groups excluding carboxylic acids is 1. The molecule has 0 spiro atoms. The first-order valence-electron chi connectivity index (χ1n) is 5.53. The zero-order chi connectivity index (χ0) is 13.8. The normalized spacial score (nSPS) is 18.3. The summed E-state index contributed by atoms with van der Waals surface area (Å²) in [4.78, 5) is 23.8. The molecule has 1 saturated heterocycles. The second-order valence-electron chi connectivity index (χ2n) is 4.21. The summed E-state index contributed by atoms with van der Waals surface area (Å²) >= 11 is 0. The molecule has 6 nitrogen and oxygen atoms in total. The number of aliphatic carboxylic acids is 1. The molecule has 0 bridgehead atoms. The lowest BCUT2D eigenvalue weighted by Gasteiger charge is -2.28. The van der Waals surface area contributed by atoms with Gasteiger partial charge in [0.1, 0.15) is 6.04 Å². The second kappa shape index (κ2) is 5.94. The number of nitrogens with zero attached hydrogens (tertiary/aromatic N) is 1. The number of morpholine rings is 1. The van der Waals surface area contributed by atoms with Gasteiger partial charge in [-0.05, 0) is 6.92 Å². The molecule has 0 aromatic heterocycles. The van der Waals surface area contributed by atoms with Crippen LogP contribution in [0.25, 0.3) is 0 Å². The van der Waals surface area contributed by atoms with E-state index in [4.69, 9.17) is 9.84 Å². The minimum Gasteiger partial charge on any atom is -0.480 e. The van der Waals surface area contributed by atoms with E-state index in [1.54, 1.807) is 0 Å². The van der Waals surface area contributed by atoms with Crippen molar-refractivity contribution in [2.24, 2.45) is 0 Å². The van der Waals surface area contributed by atoms with Crippen LogP contribution in [0, 0.1) is 0 Å². The summed E-state index contributed by atoms with van der Waals surface area (Å²) in [6, 6.07) is -2.25. The molecule has 8 heteroatoms. The third-order valence-electron chi connectivity index (χ3n) is 2.46. The summed E-state index contributed by atoms with van der Waals surface area (Å²) in [5, 5.41) is 10.9. The minimum absolute atomic E-state index is 0.320. The Bertz CT molecular complexity index is 313. The topological polar surface area (TPSA) is 78.9 Å². The van der Waals surface area contributed by atoms with E-state index in [9.17, 15) is 18.4 Å². The van der Waals surface area contributed by atoms with Crippen molar-refractivity contribution in [2.75, 3.05) is 26.3 Å². The van der Waals surface area contributed by atoms with Crippen LogP contribution in [-0.2, 0) is 9.53 Å². The fourth-order valence-corrected chi connectivity index (χ4v) is 1.57. The van der Waals surface area contributed by atoms with E-state index >= 15 is 0 Å². The quantitative estimate of drug-likeness (QED) is 0.778. The molecule has 0 aromatic carbocycles. The molecular weight excluding hydrogens is 250 g/mol. The summed E-state index contributed by atoms with van der Waals surface area (Å²) in [5.41, 5.74) is 0. The van der Waals surface area contributed by atoms with Crippen molar-refractivity contribution in [1.29, 1.82) is 0 Å². The zero-order valence-electron chi connectivity index (χ0n) is 9.99. The van der Waals surface area contributed by atoms with E-state index in [1.165, 1.54) is 4.90 Å². The van der Waals surface area contributed by atoms with Gasteiger partial charge < -0.3 is 20.1 Å². The van der Waals surface area contributed by atoms with Gasteiger partial charge >= 0.3 is 12.0 Å². The van der Waals surface area contributed by atoms with Crippen LogP contribution in [0.1, 0.15) is 13.3 Å². The molecule has 1 atom stereocenters. The summed E-state index contributed by atoms with van der Waals surface area (Å²) in [6.45, 7) is 1.97. The number of urea groups is 1. The minimum atomic E-state index is -3.15. The van der Waals surface area contributed by atoms with Crippen molar-refractivity contribution in [3.63, 3.8) is 0 Å². The lowest BCUT2D eigenvalue weighted by molar-refractivity contribution is -0.141. The zero-order valence-corrected chi connectivity index (χ0v) is 9.99. The van der Waals surface area contributed by atoms with Crippen LogP contribution in [-0.4, -0.2) is 60.3 Å². The Morgan fingerprint density at radius 2 is 2.00 bits per heavy atom. The van der Waals surface area contributed by atoms with Gasteiger partial charge in [-0.3, -0.25) is 0 Å². The Balaban J connectivity index is 2.54. The summed E-state index contributed by atoms with van der Waals surface area (Å²) in [5.74, 6) is -4.63. The predicted molar refractivity (Wildman–Crippen MR) is 57.6 cm³/mol. The molecule has 1 unspecified atom stereocenters. The first-order chi connectivity index (χ1) is 8.29. The highest BCUT2D eigenvalue weighted by Crippen LogP contribution is 2.19. The number of carboxylic acids is 1. The van der Waals surface area contributed by atoms with Crippen LogP contribution in [0.5, 0.6) is 0 Å². The molecule has 2 N–H and O–H groups in total. The first-order valence-corrected chi connectivity index (χ1v) is 5.53. The third kappa shape index (κ3) is 4.82. The number of hydrogen-bond donors (Lipinski definition) is 2. The standard InChI is InChI=1S/C10H16F2N2O4/c1-10(11,12)6-7(8(15)16)13-9(17)14-2-4-18-5-3-14/h7H,2-6H2,1H3,(H,13,17)(H,15,16). The van der Waals surface area contributed by atoms with Crippen molar-refractivity contribution >= 4 is 12.0 Å². The van der Waals surface area contributed by atoms with E-state index in [1.807, 2.05) is 0 Å². The molecule has 1 heterocycles. The monoisotopic (exact) mass is 266 g/mol. The van der Waals surface area contributed by atoms with E-state index in [-0.39, 0.29) is 0 Å². The smallest absolute Gasteiger partial charge is 0.326 e. The number of hydrogen-bond acceptors (Lipinski definition) is 3. The fourth-order valence-electron chi connectivity index (χ4n) is 1.57. The largest absolute Gasteiger partial charge is 0.480 e. The van der Waals surface area contributed by atoms with Gasteiger partial charge in [-0.2, -0.15) is 0 Å². The van der Waals surface area contributed by atoms with E-state index in [2.05, 4.69) is 5.32 Å². The highest BCUT2D eigenvalue weighted by molar-refractivity contribution is 5.82. The van der Waals surface area contributed by atoms with Crippen molar-refractivity contribution in [3.8, 4) is 0 Å². The molecule has 1 aliphatic rings. The maximum atomic E-state index is 12.8. The van der Waals surface area contributed by atoms with Crippen molar-refractivity contribution < 1.29 is 28.2 Å². The van der Waals surface area contributed by atoms with E-state index in [0.29, 0.717) is 33.2 Å². The number of halogens is 2. The third-order valence-corrected chi connectivity index (χ3v) is 2.46. The molecule has 18 heavy (non-hydrogen) atoms. The van der Waals surface area contributed by atoms with Crippen molar-refractivity contribution in [2.45, 2.75) is 25.3 Å². The number of carboxylic acid groups (broad SMARTS) is 1. The van der Waals surface area contributed by atoms with Gasteiger partial charge in [0.05, 0.1) is 13.2 Å². The Morgan fingerprint density at radius 1 is 1.44 bits per heavy atom. The number of ether oxygens (including phenoxy) is 1. The highest BCUT2D eigenvalue weighted by atomic mass is 19.3. The molecule has 0 radical (unpaired) electrons. The van der Waals surface area contributed by atoms with Crippen LogP contribution < -0.4 is 5.32 Å². The van der Waals surface area contributed by atoms with E-state index < -0.39 is 30.4 Å². The van der Waals surface area contributed by atoms with Crippen molar-refractivity contribution in [3.05, 3.63) is 0 Å². The molecule has 1 aliphatic heterocycles. The average Bonchev–Trinajstić information content (AvgIpc) is 2.27. The first kappa shape index (κ1) is 14.6. The molecule has 1 fully saturated rings. The Labute approximate surface area is 103 Å². The number of nitrogens with one attached hydrogen (secondary N) is 1. The number of rotatable bonds is 4. The molecule has 1 rings (SSSR count). The fraction of sp³-hybridized carbons (Fsp3) is 0.800. The predicted octanol–water partition coefficient (Wildman–Crippen LogP) is 0.527. The lowest BCUT2D eigenvalue weighted by Crippen LogP contribution is -2.52. The van der Waals surface area contributed by atoms with E-state index in [0.717, 1.165) is 0 Å². The average molecular weight is 266 g/mol. The summed E-state index contributed by atoms with van der Waals surface area (Å²) in [7, 11) is 0. The number of carbonyl (C=O) groups is 2. The van der Waals surface area contributed by atoms with Gasteiger partial charge in [-0.25, -0.2) is 18.4 Å². The summed E-state index contributed by atoms with van der Waals surface area (Å²) in [6.07, 6.45) is -0.932. The van der Waals surface area contributed by atoms with Crippen LogP contribution >= 0.6 is 0 Å². The van der Waals surface area contributed by atoms with Crippen LogP contribution in [0.15, 0.2) is 0 Å². The second-order valence-corrected chi connectivity index (χ2v) is 4.21. The Kier molecular flexibility index (Phi) is 4.83. The molecule has 0 saturated carbocycles. The molecular formula is C10H16F2N2O4. The Hall–Kier alpha value is -1.44. The number of amides is 2. The molecule has 0 aromatic rings. The molecule has 104 valence electrons. The SMILES string of the molecule is CC(F)(F)CC(NC(=O)N1CCOCC1)C(=O)O. The maximum absolute atomic E-state index is 12.8. The summed E-state index contributed by atoms with van der Waals surface area (Å²) < 4.78 is 30.6. The molecule has 2 amide bonds. The maximum Gasteiger partial charge on any atom is 0.326 e. The highest BCUT2D eigenvalue weighted by Gasteiger charge is 2.33. The van der Waals surface area contributed by atoms with Gasteiger partial charge in [0.15, 0.2) is 0 Å². The van der Waals surface area contributed by atoms with Gasteiger partial charge in [0.2, 0.25) is 5.92 Å². The lowest BCUT2D eigenvalue weighted by atomic mass is 10.1. The van der Waals surface area contributed by atoms with Crippen molar-refractivity contribution in [1.82, 2.24) is 10.2 Å². The van der Waals surface area contributed by atoms with Gasteiger partial charge in [0.25, 0.3) is 0 Å². The Morgan fingerprint density at radius 3 is 2.44 bits per heavy atom. The van der Waals surface area contributed by atoms with Gasteiger partial charge in [-0.1, -0.05) is 0 Å².